The molecule has 2 aliphatic rings. The molecule has 0 amide bonds. The first-order chi connectivity index (χ1) is 18.5. The van der Waals surface area contributed by atoms with E-state index in [1.54, 1.807) is 12.4 Å². The molecule has 9 heteroatoms. The molecule has 1 atom stereocenters. The van der Waals surface area contributed by atoms with Gasteiger partial charge in [0.05, 0.1) is 17.2 Å². The van der Waals surface area contributed by atoms with Gasteiger partial charge < -0.3 is 16.0 Å². The molecule has 0 radical (unpaired) electrons. The second-order valence-electron chi connectivity index (χ2n) is 11.1. The zero-order chi connectivity index (χ0) is 25.7. The Kier molecular flexibility index (Phi) is 5.47. The smallest absolute Gasteiger partial charge is 0.162 e. The largest absolute Gasteiger partial charge is 0.366 e. The summed E-state index contributed by atoms with van der Waals surface area (Å²) in [5.41, 5.74) is 5.10. The Morgan fingerprint density at radius 1 is 1.03 bits per heavy atom. The summed E-state index contributed by atoms with van der Waals surface area (Å²) >= 11 is 0. The fraction of sp³-hybridized carbons (Fsp3) is 0.345. The lowest BCUT2D eigenvalue weighted by Crippen LogP contribution is -2.49. The van der Waals surface area contributed by atoms with Crippen LogP contribution in [-0.2, 0) is 0 Å². The van der Waals surface area contributed by atoms with Crippen molar-refractivity contribution in [1.82, 2.24) is 34.9 Å². The molecule has 1 saturated carbocycles. The summed E-state index contributed by atoms with van der Waals surface area (Å²) in [7, 11) is 0. The van der Waals surface area contributed by atoms with Crippen molar-refractivity contribution in [3.8, 4) is 11.4 Å². The van der Waals surface area contributed by atoms with Crippen molar-refractivity contribution in [2.75, 3.05) is 23.7 Å². The molecule has 5 aromatic heterocycles. The fourth-order valence-electron chi connectivity index (χ4n) is 5.44. The van der Waals surface area contributed by atoms with E-state index in [1.165, 1.54) is 18.4 Å². The molecule has 1 aliphatic heterocycles. The van der Waals surface area contributed by atoms with Gasteiger partial charge in [-0.2, -0.15) is 5.10 Å². The van der Waals surface area contributed by atoms with Crippen LogP contribution in [0.4, 0.5) is 17.3 Å². The minimum Gasteiger partial charge on any atom is -0.366 e. The van der Waals surface area contributed by atoms with Crippen molar-refractivity contribution in [3.05, 3.63) is 66.9 Å². The predicted molar refractivity (Wildman–Crippen MR) is 150 cm³/mol. The van der Waals surface area contributed by atoms with Crippen LogP contribution in [0, 0.1) is 5.41 Å². The van der Waals surface area contributed by atoms with Crippen LogP contribution in [0.5, 0.6) is 0 Å². The van der Waals surface area contributed by atoms with Crippen molar-refractivity contribution in [2.24, 2.45) is 5.41 Å². The lowest BCUT2D eigenvalue weighted by Gasteiger charge is -2.40. The van der Waals surface area contributed by atoms with Crippen LogP contribution in [0.2, 0.25) is 0 Å². The molecule has 0 bridgehead atoms. The normalized spacial score (nSPS) is 19.1. The van der Waals surface area contributed by atoms with Gasteiger partial charge in [-0.15, -0.1) is 0 Å². The van der Waals surface area contributed by atoms with Gasteiger partial charge in [-0.25, -0.2) is 19.5 Å². The van der Waals surface area contributed by atoms with Gasteiger partial charge in [0.25, 0.3) is 0 Å². The first-order valence-electron chi connectivity index (χ1n) is 13.3. The van der Waals surface area contributed by atoms with Crippen molar-refractivity contribution in [1.29, 1.82) is 0 Å². The minimum absolute atomic E-state index is 0.104. The Morgan fingerprint density at radius 2 is 1.95 bits per heavy atom. The Morgan fingerprint density at radius 3 is 2.82 bits per heavy atom. The maximum absolute atomic E-state index is 5.15. The van der Waals surface area contributed by atoms with E-state index in [2.05, 4.69) is 44.9 Å². The van der Waals surface area contributed by atoms with Gasteiger partial charge in [-0.1, -0.05) is 13.8 Å². The molecule has 9 nitrogen and oxygen atoms in total. The Bertz CT molecular complexity index is 1640. The summed E-state index contributed by atoms with van der Waals surface area (Å²) in [6, 6.07) is 10.3. The number of anilines is 3. The molecule has 6 heterocycles. The number of nitrogens with one attached hydrogen (secondary N) is 3. The van der Waals surface area contributed by atoms with Crippen molar-refractivity contribution in [3.63, 3.8) is 0 Å². The molecule has 0 spiro atoms. The topological polar surface area (TPSA) is 105 Å². The molecule has 5 aromatic rings. The standard InChI is InChI=1S/C29H31N9/c1-29(2)17-30-9-7-24(29)36-28-26-22(18-3-4-18)15-31-16-23(26)35-27(37-28)19-5-10-32-25(13-19)34-20-8-12-38-21(14-20)6-11-33-38/h5-6,8,10-16,18,24,30H,3-4,7,9,17H2,1-2H3,(H,32,34)(H,35,36,37). The second-order valence-corrected chi connectivity index (χ2v) is 11.1. The summed E-state index contributed by atoms with van der Waals surface area (Å²) < 4.78 is 1.83. The van der Waals surface area contributed by atoms with Gasteiger partial charge in [-0.3, -0.25) is 4.98 Å². The Labute approximate surface area is 221 Å². The van der Waals surface area contributed by atoms with Crippen molar-refractivity contribution < 1.29 is 0 Å². The quantitative estimate of drug-likeness (QED) is 0.291. The predicted octanol–water partition coefficient (Wildman–Crippen LogP) is 5.16. The summed E-state index contributed by atoms with van der Waals surface area (Å²) in [4.78, 5) is 19.2. The van der Waals surface area contributed by atoms with Gasteiger partial charge >= 0.3 is 0 Å². The van der Waals surface area contributed by atoms with E-state index < -0.39 is 0 Å². The number of nitrogens with zero attached hydrogens (tertiary/aromatic N) is 6. The first kappa shape index (κ1) is 23.0. The average molecular weight is 506 g/mol. The van der Waals surface area contributed by atoms with Gasteiger partial charge in [0.15, 0.2) is 5.82 Å². The molecular weight excluding hydrogens is 474 g/mol. The molecule has 1 saturated heterocycles. The maximum Gasteiger partial charge on any atom is 0.162 e. The number of hydrogen-bond donors (Lipinski definition) is 3. The van der Waals surface area contributed by atoms with Crippen molar-refractivity contribution in [2.45, 2.75) is 45.1 Å². The molecule has 1 unspecified atom stereocenters. The van der Waals surface area contributed by atoms with E-state index in [0.29, 0.717) is 17.8 Å². The number of rotatable bonds is 6. The summed E-state index contributed by atoms with van der Waals surface area (Å²) in [5.74, 6) is 2.85. The van der Waals surface area contributed by atoms with E-state index >= 15 is 0 Å². The molecule has 3 N–H and O–H groups in total. The summed E-state index contributed by atoms with van der Waals surface area (Å²) in [5, 5.41) is 16.2. The zero-order valence-corrected chi connectivity index (χ0v) is 21.6. The van der Waals surface area contributed by atoms with Gasteiger partial charge in [0.2, 0.25) is 0 Å². The summed E-state index contributed by atoms with van der Waals surface area (Å²) in [6.45, 7) is 6.60. The SMILES string of the molecule is CC1(C)CNCCC1Nc1nc(-c2ccnc(Nc3ccn4nccc4c3)c2)nc2cncc(C3CC3)c12. The summed E-state index contributed by atoms with van der Waals surface area (Å²) in [6.07, 6.45) is 12.8. The zero-order valence-electron chi connectivity index (χ0n) is 21.6. The lowest BCUT2D eigenvalue weighted by molar-refractivity contribution is 0.236. The van der Waals surface area contributed by atoms with Gasteiger partial charge in [0, 0.05) is 54.0 Å². The molecule has 0 aromatic carbocycles. The number of fused-ring (bicyclic) bond motifs is 2. The monoisotopic (exact) mass is 505 g/mol. The van der Waals surface area contributed by atoms with Crippen LogP contribution in [-0.4, -0.2) is 48.7 Å². The van der Waals surface area contributed by atoms with Crippen LogP contribution in [0.25, 0.3) is 27.8 Å². The molecule has 38 heavy (non-hydrogen) atoms. The highest BCUT2D eigenvalue weighted by atomic mass is 15.2. The van der Waals surface area contributed by atoms with E-state index in [0.717, 1.165) is 58.8 Å². The van der Waals surface area contributed by atoms with Crippen LogP contribution in [0.1, 0.15) is 44.6 Å². The molecule has 192 valence electrons. The van der Waals surface area contributed by atoms with Crippen LogP contribution in [0.3, 0.4) is 0 Å². The van der Waals surface area contributed by atoms with Crippen LogP contribution in [0.15, 0.2) is 61.3 Å². The Hall–Kier alpha value is -4.11. The molecular formula is C29H31N9. The van der Waals surface area contributed by atoms with Crippen molar-refractivity contribution >= 4 is 33.7 Å². The second kappa shape index (κ2) is 9.02. The molecule has 1 aliphatic carbocycles. The third-order valence-corrected chi connectivity index (χ3v) is 7.79. The maximum atomic E-state index is 5.15. The van der Waals surface area contributed by atoms with Crippen LogP contribution < -0.4 is 16.0 Å². The van der Waals surface area contributed by atoms with Gasteiger partial charge in [0.1, 0.15) is 11.6 Å². The van der Waals surface area contributed by atoms with E-state index in [9.17, 15) is 0 Å². The molecule has 2 fully saturated rings. The van der Waals surface area contributed by atoms with Crippen LogP contribution >= 0.6 is 0 Å². The number of aromatic nitrogens is 6. The third-order valence-electron chi connectivity index (χ3n) is 7.79. The first-order valence-corrected chi connectivity index (χ1v) is 13.3. The highest BCUT2D eigenvalue weighted by Gasteiger charge is 2.34. The van der Waals surface area contributed by atoms with E-state index in [4.69, 9.17) is 9.97 Å². The average Bonchev–Trinajstić information content (AvgIpc) is 3.66. The fourth-order valence-corrected chi connectivity index (χ4v) is 5.44. The lowest BCUT2D eigenvalue weighted by atomic mass is 9.80. The van der Waals surface area contributed by atoms with Gasteiger partial charge in [-0.05, 0) is 73.0 Å². The highest BCUT2D eigenvalue weighted by Crippen LogP contribution is 2.44. The number of pyridine rings is 3. The molecule has 7 rings (SSSR count). The number of piperidine rings is 1. The highest BCUT2D eigenvalue weighted by molar-refractivity contribution is 5.93. The Balaban J connectivity index is 1.28. The van der Waals surface area contributed by atoms with E-state index in [1.807, 2.05) is 53.4 Å². The minimum atomic E-state index is 0.104. The number of hydrogen-bond acceptors (Lipinski definition) is 8. The van der Waals surface area contributed by atoms with E-state index in [-0.39, 0.29) is 5.41 Å². The third kappa shape index (κ3) is 4.32.